The molecule has 5 heteroatoms. The monoisotopic (exact) mass is 291 g/mol. The molecule has 0 unspecified atom stereocenters. The first-order valence-electron chi connectivity index (χ1n) is 6.86. The van der Waals surface area contributed by atoms with Gasteiger partial charge in [-0.1, -0.05) is 36.9 Å². The standard InChI is InChI=1S/C17H17N5/c1-12(20-19)17-11-16(13-7-9-14(18)10-8-13)21-22(17)15-5-3-2-4-6-15/h2-11,20H,1,18-19H2. The highest BCUT2D eigenvalue weighted by atomic mass is 15.3. The molecular formula is C17H17N5. The number of nitrogens with two attached hydrogens (primary N) is 2. The average molecular weight is 291 g/mol. The van der Waals surface area contributed by atoms with Crippen molar-refractivity contribution in [3.05, 3.63) is 72.9 Å². The number of nitrogen functional groups attached to an aromatic ring is 1. The number of anilines is 1. The van der Waals surface area contributed by atoms with E-state index in [4.69, 9.17) is 11.6 Å². The lowest BCUT2D eigenvalue weighted by atomic mass is 10.1. The summed E-state index contributed by atoms with van der Waals surface area (Å²) in [6.07, 6.45) is 0. The zero-order chi connectivity index (χ0) is 15.5. The van der Waals surface area contributed by atoms with Gasteiger partial charge in [0.2, 0.25) is 0 Å². The van der Waals surface area contributed by atoms with Crippen LogP contribution < -0.4 is 17.0 Å². The normalized spacial score (nSPS) is 10.4. The Morgan fingerprint density at radius 3 is 2.36 bits per heavy atom. The minimum Gasteiger partial charge on any atom is -0.399 e. The first-order valence-corrected chi connectivity index (χ1v) is 6.86. The molecule has 0 radical (unpaired) electrons. The van der Waals surface area contributed by atoms with Gasteiger partial charge in [-0.2, -0.15) is 5.10 Å². The Hall–Kier alpha value is -3.05. The SMILES string of the molecule is C=C(NN)c1cc(-c2ccc(N)cc2)nn1-c1ccccc1. The van der Waals surface area contributed by atoms with Crippen LogP contribution in [0, 0.1) is 0 Å². The lowest BCUT2D eigenvalue weighted by Gasteiger charge is -2.08. The molecule has 0 aliphatic heterocycles. The quantitative estimate of drug-likeness (QED) is 0.392. The molecular weight excluding hydrogens is 274 g/mol. The number of para-hydroxylation sites is 1. The summed E-state index contributed by atoms with van der Waals surface area (Å²) in [6.45, 7) is 3.93. The molecule has 0 aliphatic carbocycles. The van der Waals surface area contributed by atoms with Gasteiger partial charge >= 0.3 is 0 Å². The highest BCUT2D eigenvalue weighted by Crippen LogP contribution is 2.25. The van der Waals surface area contributed by atoms with Crippen LogP contribution in [0.1, 0.15) is 5.69 Å². The smallest absolute Gasteiger partial charge is 0.0934 e. The number of hydrazine groups is 1. The van der Waals surface area contributed by atoms with Crippen molar-refractivity contribution in [1.29, 1.82) is 0 Å². The van der Waals surface area contributed by atoms with Gasteiger partial charge in [-0.3, -0.25) is 5.84 Å². The second kappa shape index (κ2) is 5.75. The Bertz CT molecular complexity index is 788. The van der Waals surface area contributed by atoms with E-state index in [0.717, 1.165) is 28.3 Å². The summed E-state index contributed by atoms with van der Waals surface area (Å²) < 4.78 is 1.81. The Kier molecular flexibility index (Phi) is 3.64. The average Bonchev–Trinajstić information content (AvgIpc) is 3.01. The molecule has 0 aliphatic rings. The first kappa shape index (κ1) is 13.9. The second-order valence-electron chi connectivity index (χ2n) is 4.91. The lowest BCUT2D eigenvalue weighted by molar-refractivity contribution is 0.851. The van der Waals surface area contributed by atoms with Gasteiger partial charge in [0.15, 0.2) is 0 Å². The van der Waals surface area contributed by atoms with E-state index in [1.807, 2.05) is 65.3 Å². The fourth-order valence-electron chi connectivity index (χ4n) is 2.23. The van der Waals surface area contributed by atoms with Crippen molar-refractivity contribution in [3.63, 3.8) is 0 Å². The fraction of sp³-hybridized carbons (Fsp3) is 0. The summed E-state index contributed by atoms with van der Waals surface area (Å²) in [6, 6.07) is 19.4. The molecule has 110 valence electrons. The number of nitrogens with one attached hydrogen (secondary N) is 1. The number of nitrogens with zero attached hydrogens (tertiary/aromatic N) is 2. The minimum absolute atomic E-state index is 0.595. The Labute approximate surface area is 128 Å². The predicted molar refractivity (Wildman–Crippen MR) is 89.8 cm³/mol. The van der Waals surface area contributed by atoms with Gasteiger partial charge in [0.25, 0.3) is 0 Å². The van der Waals surface area contributed by atoms with Crippen molar-refractivity contribution < 1.29 is 0 Å². The van der Waals surface area contributed by atoms with Crippen LogP contribution in [-0.4, -0.2) is 9.78 Å². The molecule has 1 aromatic heterocycles. The maximum absolute atomic E-state index is 5.73. The number of benzene rings is 2. The molecule has 0 amide bonds. The number of hydrogen-bond acceptors (Lipinski definition) is 4. The summed E-state index contributed by atoms with van der Waals surface area (Å²) in [5, 5.41) is 4.67. The van der Waals surface area contributed by atoms with Gasteiger partial charge in [-0.25, -0.2) is 4.68 Å². The number of aromatic nitrogens is 2. The predicted octanol–water partition coefficient (Wildman–Crippen LogP) is 2.56. The molecule has 1 heterocycles. The molecule has 5 N–H and O–H groups in total. The molecule has 0 saturated heterocycles. The van der Waals surface area contributed by atoms with Crippen molar-refractivity contribution in [1.82, 2.24) is 15.2 Å². The third kappa shape index (κ3) is 2.57. The molecule has 2 aromatic carbocycles. The summed E-state index contributed by atoms with van der Waals surface area (Å²) in [4.78, 5) is 0. The van der Waals surface area contributed by atoms with E-state index in [1.54, 1.807) is 0 Å². The topological polar surface area (TPSA) is 81.9 Å². The highest BCUT2D eigenvalue weighted by molar-refractivity contribution is 5.69. The van der Waals surface area contributed by atoms with Crippen molar-refractivity contribution in [2.24, 2.45) is 5.84 Å². The van der Waals surface area contributed by atoms with Crippen LogP contribution in [0.2, 0.25) is 0 Å². The highest BCUT2D eigenvalue weighted by Gasteiger charge is 2.13. The lowest BCUT2D eigenvalue weighted by Crippen LogP contribution is -2.20. The second-order valence-corrected chi connectivity index (χ2v) is 4.91. The van der Waals surface area contributed by atoms with E-state index in [-0.39, 0.29) is 0 Å². The molecule has 0 spiro atoms. The molecule has 5 nitrogen and oxygen atoms in total. The fourth-order valence-corrected chi connectivity index (χ4v) is 2.23. The van der Waals surface area contributed by atoms with Gasteiger partial charge in [0, 0.05) is 11.3 Å². The van der Waals surface area contributed by atoms with Crippen LogP contribution in [0.5, 0.6) is 0 Å². The Morgan fingerprint density at radius 1 is 1.05 bits per heavy atom. The third-order valence-electron chi connectivity index (χ3n) is 3.40. The van der Waals surface area contributed by atoms with Gasteiger partial charge < -0.3 is 11.2 Å². The molecule has 0 atom stereocenters. The zero-order valence-corrected chi connectivity index (χ0v) is 12.0. The maximum Gasteiger partial charge on any atom is 0.0934 e. The van der Waals surface area contributed by atoms with E-state index in [1.165, 1.54) is 0 Å². The summed E-state index contributed by atoms with van der Waals surface area (Å²) in [5.41, 5.74) is 13.2. The van der Waals surface area contributed by atoms with E-state index in [0.29, 0.717) is 5.70 Å². The minimum atomic E-state index is 0.595. The van der Waals surface area contributed by atoms with Crippen LogP contribution in [0.4, 0.5) is 5.69 Å². The summed E-state index contributed by atoms with van der Waals surface area (Å²) >= 11 is 0. The molecule has 22 heavy (non-hydrogen) atoms. The van der Waals surface area contributed by atoms with E-state index < -0.39 is 0 Å². The van der Waals surface area contributed by atoms with Crippen LogP contribution in [0.25, 0.3) is 22.6 Å². The molecule has 3 rings (SSSR count). The van der Waals surface area contributed by atoms with Crippen LogP contribution in [0.3, 0.4) is 0 Å². The number of hydrogen-bond donors (Lipinski definition) is 3. The molecule has 3 aromatic rings. The molecule has 0 fully saturated rings. The Balaban J connectivity index is 2.13. The van der Waals surface area contributed by atoms with Crippen molar-refractivity contribution in [3.8, 4) is 16.9 Å². The van der Waals surface area contributed by atoms with Gasteiger partial charge in [-0.05, 0) is 30.3 Å². The van der Waals surface area contributed by atoms with E-state index >= 15 is 0 Å². The van der Waals surface area contributed by atoms with Crippen LogP contribution >= 0.6 is 0 Å². The van der Waals surface area contributed by atoms with Gasteiger partial charge in [0.05, 0.1) is 22.8 Å². The Morgan fingerprint density at radius 2 is 1.73 bits per heavy atom. The summed E-state index contributed by atoms with van der Waals surface area (Å²) in [5.74, 6) is 5.51. The van der Waals surface area contributed by atoms with E-state index in [9.17, 15) is 0 Å². The zero-order valence-electron chi connectivity index (χ0n) is 12.0. The van der Waals surface area contributed by atoms with E-state index in [2.05, 4.69) is 17.1 Å². The first-order chi connectivity index (χ1) is 10.7. The molecule has 0 bridgehead atoms. The van der Waals surface area contributed by atoms with Crippen LogP contribution in [-0.2, 0) is 0 Å². The number of rotatable bonds is 4. The summed E-state index contributed by atoms with van der Waals surface area (Å²) in [7, 11) is 0. The van der Waals surface area contributed by atoms with Crippen molar-refractivity contribution >= 4 is 11.4 Å². The largest absolute Gasteiger partial charge is 0.399 e. The van der Waals surface area contributed by atoms with Crippen LogP contribution in [0.15, 0.2) is 67.2 Å². The third-order valence-corrected chi connectivity index (χ3v) is 3.40. The van der Waals surface area contributed by atoms with Gasteiger partial charge in [-0.15, -0.1) is 0 Å². The van der Waals surface area contributed by atoms with Gasteiger partial charge in [0.1, 0.15) is 0 Å². The maximum atomic E-state index is 5.73. The molecule has 0 saturated carbocycles. The van der Waals surface area contributed by atoms with Crippen molar-refractivity contribution in [2.45, 2.75) is 0 Å². The van der Waals surface area contributed by atoms with Crippen molar-refractivity contribution in [2.75, 3.05) is 5.73 Å².